The van der Waals surface area contributed by atoms with Crippen LogP contribution in [0.2, 0.25) is 0 Å². The Morgan fingerprint density at radius 1 is 1.24 bits per heavy atom. The van der Waals surface area contributed by atoms with Gasteiger partial charge in [0.05, 0.1) is 7.11 Å². The van der Waals surface area contributed by atoms with E-state index in [1.807, 2.05) is 18.2 Å². The summed E-state index contributed by atoms with van der Waals surface area (Å²) in [7, 11) is 1.37. The highest BCUT2D eigenvalue weighted by Gasteiger charge is 2.20. The van der Waals surface area contributed by atoms with E-state index in [-0.39, 0.29) is 11.5 Å². The number of hydrogen-bond donors (Lipinski definition) is 2. The summed E-state index contributed by atoms with van der Waals surface area (Å²) in [5.74, 6) is -0.353. The SMILES string of the molecule is COC(=O)c1ccc(CNC(C)(C)c2ccc(Br)cc2)[nH]1. The number of carbonyl (C=O) groups excluding carboxylic acids is 1. The lowest BCUT2D eigenvalue weighted by Crippen LogP contribution is -2.36. The number of halogens is 1. The fourth-order valence-corrected chi connectivity index (χ4v) is 2.32. The van der Waals surface area contributed by atoms with Crippen molar-refractivity contribution in [3.05, 3.63) is 57.8 Å². The fraction of sp³-hybridized carbons (Fsp3) is 0.312. The van der Waals surface area contributed by atoms with Gasteiger partial charge in [-0.2, -0.15) is 0 Å². The second kappa shape index (κ2) is 6.45. The molecule has 1 aromatic heterocycles. The molecule has 2 rings (SSSR count). The highest BCUT2D eigenvalue weighted by molar-refractivity contribution is 9.10. The molecule has 0 aliphatic rings. The first-order valence-electron chi connectivity index (χ1n) is 6.69. The number of benzene rings is 1. The molecule has 0 saturated carbocycles. The van der Waals surface area contributed by atoms with Crippen molar-refractivity contribution in [1.82, 2.24) is 10.3 Å². The molecule has 0 atom stereocenters. The molecule has 4 nitrogen and oxygen atoms in total. The normalized spacial score (nSPS) is 11.4. The minimum absolute atomic E-state index is 0.169. The summed E-state index contributed by atoms with van der Waals surface area (Å²) < 4.78 is 5.74. The van der Waals surface area contributed by atoms with Crippen LogP contribution in [-0.2, 0) is 16.8 Å². The van der Waals surface area contributed by atoms with Crippen LogP contribution < -0.4 is 5.32 Å². The molecule has 0 aliphatic heterocycles. The first-order chi connectivity index (χ1) is 9.92. The average Bonchev–Trinajstić information content (AvgIpc) is 2.94. The van der Waals surface area contributed by atoms with Crippen molar-refractivity contribution < 1.29 is 9.53 Å². The molecule has 0 spiro atoms. The van der Waals surface area contributed by atoms with Gasteiger partial charge in [0.15, 0.2) is 0 Å². The van der Waals surface area contributed by atoms with Crippen molar-refractivity contribution >= 4 is 21.9 Å². The van der Waals surface area contributed by atoms with Gasteiger partial charge in [-0.15, -0.1) is 0 Å². The van der Waals surface area contributed by atoms with Gasteiger partial charge in [0.1, 0.15) is 5.69 Å². The Kier molecular flexibility index (Phi) is 4.85. The Hall–Kier alpha value is -1.59. The second-order valence-electron chi connectivity index (χ2n) is 5.37. The van der Waals surface area contributed by atoms with Crippen LogP contribution in [0.1, 0.15) is 35.6 Å². The standard InChI is InChI=1S/C16H19BrN2O2/c1-16(2,11-4-6-12(17)7-5-11)18-10-13-8-9-14(19-13)15(20)21-3/h4-9,18-19H,10H2,1-3H3. The Bertz CT molecular complexity index is 617. The third-order valence-electron chi connectivity index (χ3n) is 3.44. The zero-order valence-corrected chi connectivity index (χ0v) is 14.0. The first-order valence-corrected chi connectivity index (χ1v) is 7.49. The van der Waals surface area contributed by atoms with E-state index in [1.54, 1.807) is 6.07 Å². The van der Waals surface area contributed by atoms with Gasteiger partial charge in [0, 0.05) is 22.3 Å². The summed E-state index contributed by atoms with van der Waals surface area (Å²) in [5.41, 5.74) is 2.44. The predicted octanol–water partition coefficient (Wildman–Crippen LogP) is 3.59. The van der Waals surface area contributed by atoms with Crippen molar-refractivity contribution in [2.24, 2.45) is 0 Å². The predicted molar refractivity (Wildman–Crippen MR) is 86.1 cm³/mol. The van der Waals surface area contributed by atoms with Gasteiger partial charge in [0.2, 0.25) is 0 Å². The monoisotopic (exact) mass is 350 g/mol. The summed E-state index contributed by atoms with van der Waals surface area (Å²) in [6.45, 7) is 4.89. The molecule has 0 saturated heterocycles. The maximum Gasteiger partial charge on any atom is 0.354 e. The zero-order valence-electron chi connectivity index (χ0n) is 12.4. The van der Waals surface area contributed by atoms with Crippen molar-refractivity contribution in [3.8, 4) is 0 Å². The molecule has 0 radical (unpaired) electrons. The summed E-state index contributed by atoms with van der Waals surface area (Å²) in [5, 5.41) is 3.48. The number of hydrogen-bond acceptors (Lipinski definition) is 3. The van der Waals surface area contributed by atoms with E-state index in [9.17, 15) is 4.79 Å². The van der Waals surface area contributed by atoms with Crippen molar-refractivity contribution in [1.29, 1.82) is 0 Å². The van der Waals surface area contributed by atoms with E-state index in [2.05, 4.69) is 56.9 Å². The average molecular weight is 351 g/mol. The minimum atomic E-state index is -0.353. The lowest BCUT2D eigenvalue weighted by Gasteiger charge is -2.27. The molecular formula is C16H19BrN2O2. The molecule has 2 N–H and O–H groups in total. The minimum Gasteiger partial charge on any atom is -0.464 e. The number of aromatic nitrogens is 1. The summed E-state index contributed by atoms with van der Waals surface area (Å²) in [4.78, 5) is 14.5. The van der Waals surface area contributed by atoms with Gasteiger partial charge in [-0.05, 0) is 43.7 Å². The van der Waals surface area contributed by atoms with Crippen LogP contribution in [-0.4, -0.2) is 18.1 Å². The lowest BCUT2D eigenvalue weighted by atomic mass is 9.94. The zero-order chi connectivity index (χ0) is 15.5. The smallest absolute Gasteiger partial charge is 0.354 e. The highest BCUT2D eigenvalue weighted by Crippen LogP contribution is 2.22. The first kappa shape index (κ1) is 15.8. The second-order valence-corrected chi connectivity index (χ2v) is 6.29. The summed E-state index contributed by atoms with van der Waals surface area (Å²) in [6, 6.07) is 11.9. The largest absolute Gasteiger partial charge is 0.464 e. The van der Waals surface area contributed by atoms with Gasteiger partial charge in [0.25, 0.3) is 0 Å². The fourth-order valence-electron chi connectivity index (χ4n) is 2.06. The van der Waals surface area contributed by atoms with E-state index < -0.39 is 0 Å². The number of rotatable bonds is 5. The van der Waals surface area contributed by atoms with Crippen molar-refractivity contribution in [2.75, 3.05) is 7.11 Å². The number of nitrogens with one attached hydrogen (secondary N) is 2. The van der Waals surface area contributed by atoms with Crippen LogP contribution >= 0.6 is 15.9 Å². The van der Waals surface area contributed by atoms with Crippen LogP contribution in [0.15, 0.2) is 40.9 Å². The molecule has 1 aromatic carbocycles. The lowest BCUT2D eigenvalue weighted by molar-refractivity contribution is 0.0594. The van der Waals surface area contributed by atoms with Crippen LogP contribution in [0, 0.1) is 0 Å². The molecule has 0 unspecified atom stereocenters. The molecule has 0 aliphatic carbocycles. The van der Waals surface area contributed by atoms with Crippen molar-refractivity contribution in [3.63, 3.8) is 0 Å². The molecule has 0 fully saturated rings. The summed E-state index contributed by atoms with van der Waals surface area (Å²) in [6.07, 6.45) is 0. The molecule has 2 aromatic rings. The molecule has 1 heterocycles. The van der Waals surface area contributed by atoms with Gasteiger partial charge in [-0.25, -0.2) is 4.79 Å². The quantitative estimate of drug-likeness (QED) is 0.810. The Morgan fingerprint density at radius 2 is 1.90 bits per heavy atom. The number of H-pyrrole nitrogens is 1. The van der Waals surface area contributed by atoms with Gasteiger partial charge in [-0.3, -0.25) is 0 Å². The topological polar surface area (TPSA) is 54.1 Å². The number of methoxy groups -OCH3 is 1. The Balaban J connectivity index is 2.02. The highest BCUT2D eigenvalue weighted by atomic mass is 79.9. The molecule has 5 heteroatoms. The van der Waals surface area contributed by atoms with E-state index in [0.717, 1.165) is 10.2 Å². The molecule has 21 heavy (non-hydrogen) atoms. The number of aromatic amines is 1. The Labute approximate surface area is 133 Å². The molecule has 112 valence electrons. The van der Waals surface area contributed by atoms with E-state index >= 15 is 0 Å². The molecule has 0 amide bonds. The van der Waals surface area contributed by atoms with E-state index in [4.69, 9.17) is 0 Å². The number of esters is 1. The molecular weight excluding hydrogens is 332 g/mol. The number of ether oxygens (including phenoxy) is 1. The Morgan fingerprint density at radius 3 is 2.52 bits per heavy atom. The maximum atomic E-state index is 11.4. The van der Waals surface area contributed by atoms with Gasteiger partial charge in [-0.1, -0.05) is 28.1 Å². The maximum absolute atomic E-state index is 11.4. The van der Waals surface area contributed by atoms with Crippen LogP contribution in [0.4, 0.5) is 0 Å². The summed E-state index contributed by atoms with van der Waals surface area (Å²) >= 11 is 3.44. The third-order valence-corrected chi connectivity index (χ3v) is 3.97. The van der Waals surface area contributed by atoms with Crippen LogP contribution in [0.25, 0.3) is 0 Å². The van der Waals surface area contributed by atoms with Crippen molar-refractivity contribution in [2.45, 2.75) is 25.9 Å². The van der Waals surface area contributed by atoms with E-state index in [0.29, 0.717) is 12.2 Å². The van der Waals surface area contributed by atoms with Gasteiger partial charge < -0.3 is 15.0 Å². The number of carbonyl (C=O) groups is 1. The van der Waals surface area contributed by atoms with Crippen LogP contribution in [0.5, 0.6) is 0 Å². The molecule has 0 bridgehead atoms. The van der Waals surface area contributed by atoms with E-state index in [1.165, 1.54) is 12.7 Å². The van der Waals surface area contributed by atoms with Crippen LogP contribution in [0.3, 0.4) is 0 Å². The van der Waals surface area contributed by atoms with Gasteiger partial charge >= 0.3 is 5.97 Å². The third kappa shape index (κ3) is 3.95.